The first-order valence-corrected chi connectivity index (χ1v) is 9.04. The Balaban J connectivity index is 1.89. The fraction of sp³-hybridized carbons (Fsp3) is 0.762. The number of ketones is 1. The summed E-state index contributed by atoms with van der Waals surface area (Å²) in [6.45, 7) is -0.592. The van der Waals surface area contributed by atoms with Crippen molar-refractivity contribution in [3.05, 3.63) is 11.6 Å². The monoisotopic (exact) mass is 349 g/mol. The quantitative estimate of drug-likeness (QED) is 0.433. The summed E-state index contributed by atoms with van der Waals surface area (Å²) in [7, 11) is 0. The molecular formula is C21H28O4. The highest BCUT2D eigenvalue weighted by Gasteiger charge is 2.66. The van der Waals surface area contributed by atoms with Crippen LogP contribution in [0.4, 0.5) is 0 Å². The summed E-state index contributed by atoms with van der Waals surface area (Å²) in [5.41, 5.74) is -3.65. The second-order valence-electron chi connectivity index (χ2n) is 8.41. The van der Waals surface area contributed by atoms with Gasteiger partial charge >= 0.3 is 0 Å². The van der Waals surface area contributed by atoms with Crippen molar-refractivity contribution in [3.8, 4) is 12.3 Å². The van der Waals surface area contributed by atoms with Crippen molar-refractivity contribution in [2.24, 2.45) is 29.1 Å². The third-order valence-electron chi connectivity index (χ3n) is 7.62. The number of fused-ring (bicyclic) bond motifs is 5. The third-order valence-corrected chi connectivity index (χ3v) is 7.62. The van der Waals surface area contributed by atoms with E-state index in [1.165, 1.54) is 6.08 Å². The van der Waals surface area contributed by atoms with Crippen LogP contribution in [0.5, 0.6) is 0 Å². The summed E-state index contributed by atoms with van der Waals surface area (Å²) >= 11 is 0. The molecule has 4 aliphatic carbocycles. The van der Waals surface area contributed by atoms with Crippen LogP contribution in [0, 0.1) is 41.4 Å². The molecule has 25 heavy (non-hydrogen) atoms. The number of rotatable bonds is 1. The summed E-state index contributed by atoms with van der Waals surface area (Å²) in [6.07, 6.45) is 6.24. The maximum Gasteiger partial charge on any atom is 0.155 e. The maximum absolute atomic E-state index is 12.1. The van der Waals surface area contributed by atoms with Crippen molar-refractivity contribution in [1.82, 2.24) is 0 Å². The molecule has 0 radical (unpaired) electrons. The van der Waals surface area contributed by atoms with Crippen LogP contribution in [0.3, 0.4) is 0 Å². The average Bonchev–Trinajstić information content (AvgIpc) is 2.83. The second-order valence-corrected chi connectivity index (χ2v) is 8.41. The largest absolute Gasteiger partial charge is 0.377 e. The van der Waals surface area contributed by atoms with Crippen molar-refractivity contribution < 1.29 is 26.9 Å². The number of hydrogen-bond donors (Lipinski definition) is 2. The minimum atomic E-state index is -2.35. The lowest BCUT2D eigenvalue weighted by Crippen LogP contribution is -2.60. The van der Waals surface area contributed by atoms with Crippen LogP contribution in [0.2, 0.25) is 0 Å². The van der Waals surface area contributed by atoms with E-state index in [1.54, 1.807) is 6.92 Å². The fourth-order valence-corrected chi connectivity index (χ4v) is 6.19. The summed E-state index contributed by atoms with van der Waals surface area (Å²) in [4.78, 5) is 17.1. The van der Waals surface area contributed by atoms with E-state index in [0.29, 0.717) is 18.4 Å². The van der Waals surface area contributed by atoms with E-state index < -0.39 is 53.5 Å². The van der Waals surface area contributed by atoms with E-state index in [2.05, 4.69) is 5.92 Å². The molecule has 0 heterocycles. The molecule has 4 aliphatic rings. The van der Waals surface area contributed by atoms with Crippen LogP contribution in [0.1, 0.15) is 65.5 Å². The van der Waals surface area contributed by atoms with E-state index >= 15 is 0 Å². The Bertz CT molecular complexity index is 845. The van der Waals surface area contributed by atoms with E-state index in [-0.39, 0.29) is 31.5 Å². The maximum atomic E-state index is 12.1. The first-order valence-electron chi connectivity index (χ1n) is 11.5. The molecule has 4 nitrogen and oxygen atoms in total. The Morgan fingerprint density at radius 2 is 2.24 bits per heavy atom. The first-order chi connectivity index (χ1) is 13.8. The van der Waals surface area contributed by atoms with Crippen molar-refractivity contribution in [3.63, 3.8) is 0 Å². The smallest absolute Gasteiger partial charge is 0.155 e. The third kappa shape index (κ3) is 2.04. The lowest BCUT2D eigenvalue weighted by molar-refractivity contribution is -0.344. The molecular weight excluding hydrogens is 316 g/mol. The normalized spacial score (nSPS) is 57.3. The minimum absolute atomic E-state index is 0.0581. The van der Waals surface area contributed by atoms with Crippen LogP contribution in [0.15, 0.2) is 11.6 Å². The lowest BCUT2D eigenvalue weighted by Gasteiger charge is -2.59. The summed E-state index contributed by atoms with van der Waals surface area (Å²) < 4.78 is 41.6. The Kier molecular flexibility index (Phi) is 2.66. The fourth-order valence-electron chi connectivity index (χ4n) is 6.19. The predicted molar refractivity (Wildman–Crippen MR) is 93.4 cm³/mol. The molecule has 3 saturated carbocycles. The van der Waals surface area contributed by atoms with Gasteiger partial charge in [0.2, 0.25) is 0 Å². The first kappa shape index (κ1) is 12.3. The van der Waals surface area contributed by atoms with Crippen LogP contribution < -0.4 is 0 Å². The Hall–Kier alpha value is -1.15. The summed E-state index contributed by atoms with van der Waals surface area (Å²) in [6, 6.07) is 0. The molecule has 0 aromatic carbocycles. The van der Waals surface area contributed by atoms with Gasteiger partial charge in [-0.3, -0.25) is 10.1 Å². The van der Waals surface area contributed by atoms with Crippen molar-refractivity contribution >= 4 is 5.78 Å². The van der Waals surface area contributed by atoms with E-state index in [1.807, 2.05) is 0 Å². The van der Waals surface area contributed by atoms with Crippen molar-refractivity contribution in [2.45, 2.75) is 69.9 Å². The molecule has 0 amide bonds. The zero-order valence-electron chi connectivity index (χ0n) is 19.4. The van der Waals surface area contributed by atoms with Gasteiger partial charge in [-0.25, -0.2) is 4.89 Å². The van der Waals surface area contributed by atoms with Crippen LogP contribution in [-0.2, 0) is 9.68 Å². The zero-order valence-corrected chi connectivity index (χ0v) is 14.4. The van der Waals surface area contributed by atoms with Gasteiger partial charge in [-0.1, -0.05) is 19.7 Å². The van der Waals surface area contributed by atoms with Gasteiger partial charge in [0.05, 0.1) is 0 Å². The molecule has 1 unspecified atom stereocenters. The number of carbonyl (C=O) groups excluding carboxylic acids is 1. The van der Waals surface area contributed by atoms with Gasteiger partial charge < -0.3 is 5.11 Å². The topological polar surface area (TPSA) is 66.8 Å². The van der Waals surface area contributed by atoms with Crippen LogP contribution in [0.25, 0.3) is 0 Å². The van der Waals surface area contributed by atoms with Crippen LogP contribution >= 0.6 is 0 Å². The molecule has 4 heteroatoms. The molecule has 3 fully saturated rings. The van der Waals surface area contributed by atoms with E-state index in [4.69, 9.17) is 18.2 Å². The number of hydrogen-bond acceptors (Lipinski definition) is 4. The van der Waals surface area contributed by atoms with Gasteiger partial charge in [0.1, 0.15) is 11.2 Å². The van der Waals surface area contributed by atoms with E-state index in [0.717, 1.165) is 0 Å². The molecule has 136 valence electrons. The second kappa shape index (κ2) is 5.42. The van der Waals surface area contributed by atoms with Crippen LogP contribution in [-0.4, -0.2) is 27.3 Å². The molecule has 7 atom stereocenters. The number of aliphatic hydroxyl groups is 1. The molecule has 0 aromatic heterocycles. The average molecular weight is 349 g/mol. The molecule has 0 saturated heterocycles. The lowest BCUT2D eigenvalue weighted by atomic mass is 9.47. The molecule has 4 rings (SSSR count). The van der Waals surface area contributed by atoms with Gasteiger partial charge in [-0.2, -0.15) is 0 Å². The molecule has 0 spiro atoms. The van der Waals surface area contributed by atoms with Gasteiger partial charge in [0.15, 0.2) is 5.78 Å². The SMILES string of the molecule is [2H]C([2H])([2H])[C@@H]1CC2=CC(=O)CC[C@]2(OO)[C@@H]2CC[C@@]3(C)[C@H](CC([2H])([2H])C3(O)C#C)[C@H]12. The van der Waals surface area contributed by atoms with Gasteiger partial charge in [0.25, 0.3) is 0 Å². The molecule has 2 N–H and O–H groups in total. The molecule has 0 aliphatic heterocycles. The highest BCUT2D eigenvalue weighted by Crippen LogP contribution is 2.67. The highest BCUT2D eigenvalue weighted by molar-refractivity contribution is 5.92. The number of carbonyl (C=O) groups is 1. The van der Waals surface area contributed by atoms with Gasteiger partial charge in [-0.05, 0) is 73.8 Å². The Labute approximate surface area is 156 Å². The Morgan fingerprint density at radius 3 is 2.92 bits per heavy atom. The van der Waals surface area contributed by atoms with E-state index in [9.17, 15) is 15.2 Å². The number of terminal acetylenes is 1. The summed E-state index contributed by atoms with van der Waals surface area (Å²) in [5.74, 6) is -0.0866. The molecule has 0 bridgehead atoms. The minimum Gasteiger partial charge on any atom is -0.377 e. The van der Waals surface area contributed by atoms with Crippen molar-refractivity contribution in [2.75, 3.05) is 0 Å². The highest BCUT2D eigenvalue weighted by atomic mass is 17.1. The van der Waals surface area contributed by atoms with Gasteiger partial charge in [-0.15, -0.1) is 6.42 Å². The van der Waals surface area contributed by atoms with Gasteiger partial charge in [0, 0.05) is 18.7 Å². The zero-order chi connectivity index (χ0) is 22.3. The standard InChI is InChI=1S/C21H28O4/c1-4-20(23)9-7-16-18-13(2)11-14-12-15(22)5-10-21(14,25-24)17(18)6-8-19(16,20)3/h1,12-13,16-18,23-24H,5-11H2,2-3H3/t13-,16-,17-,18+,19+,20?,21-/m1/s1/i2D3,9D2. The predicted octanol–water partition coefficient (Wildman–Crippen LogP) is 3.35. The van der Waals surface area contributed by atoms with Crippen molar-refractivity contribution in [1.29, 1.82) is 0 Å². The molecule has 0 aromatic rings. The Morgan fingerprint density at radius 1 is 1.44 bits per heavy atom. The summed E-state index contributed by atoms with van der Waals surface area (Å²) in [5, 5.41) is 21.3.